The van der Waals surface area contributed by atoms with E-state index in [1.807, 2.05) is 95.7 Å². The summed E-state index contributed by atoms with van der Waals surface area (Å²) in [6, 6.07) is 27.2. The fourth-order valence-corrected chi connectivity index (χ4v) is 6.36. The molecule has 4 nitrogen and oxygen atoms in total. The van der Waals surface area contributed by atoms with Crippen LogP contribution in [0.3, 0.4) is 0 Å². The van der Waals surface area contributed by atoms with Crippen LogP contribution in [0.5, 0.6) is 0 Å². The van der Waals surface area contributed by atoms with Crippen molar-refractivity contribution in [3.8, 4) is 10.0 Å². The first-order valence-corrected chi connectivity index (χ1v) is 12.6. The predicted molar refractivity (Wildman–Crippen MR) is 143 cm³/mol. The van der Waals surface area contributed by atoms with Gasteiger partial charge in [0.15, 0.2) is 10.9 Å². The Labute approximate surface area is 201 Å². The largest absolute Gasteiger partial charge is 0.300 e. The fourth-order valence-electron chi connectivity index (χ4n) is 4.85. The van der Waals surface area contributed by atoms with E-state index in [0.717, 1.165) is 32.1 Å². The highest BCUT2D eigenvalue weighted by atomic mass is 32.1. The van der Waals surface area contributed by atoms with E-state index in [-0.39, 0.29) is 10.9 Å². The van der Waals surface area contributed by atoms with Crippen LogP contribution in [0.15, 0.2) is 105 Å². The second-order valence-corrected chi connectivity index (χ2v) is 10.0. The first kappa shape index (κ1) is 19.5. The molecule has 0 spiro atoms. The van der Waals surface area contributed by atoms with Crippen LogP contribution in [-0.4, -0.2) is 9.13 Å². The number of rotatable bonds is 2. The molecule has 7 aromatic rings. The van der Waals surface area contributed by atoms with Crippen molar-refractivity contribution in [3.05, 3.63) is 116 Å². The van der Waals surface area contributed by atoms with E-state index in [0.29, 0.717) is 21.5 Å². The quantitative estimate of drug-likeness (QED) is 0.260. The minimum absolute atomic E-state index is 0.0290. The lowest BCUT2D eigenvalue weighted by atomic mass is 10.0. The number of nitrogens with zero attached hydrogens (tertiary/aromatic N) is 2. The van der Waals surface area contributed by atoms with Gasteiger partial charge in [-0.3, -0.25) is 9.59 Å². The van der Waals surface area contributed by atoms with Gasteiger partial charge in [-0.1, -0.05) is 24.3 Å². The van der Waals surface area contributed by atoms with Gasteiger partial charge in [0, 0.05) is 21.5 Å². The third-order valence-electron chi connectivity index (χ3n) is 6.32. The Bertz CT molecular complexity index is 1850. The maximum absolute atomic E-state index is 13.7. The van der Waals surface area contributed by atoms with E-state index in [9.17, 15) is 9.59 Å². The van der Waals surface area contributed by atoms with Crippen molar-refractivity contribution in [1.82, 2.24) is 9.13 Å². The molecule has 0 N–H and O–H groups in total. The molecule has 0 amide bonds. The van der Waals surface area contributed by atoms with Crippen molar-refractivity contribution in [3.63, 3.8) is 0 Å². The smallest absolute Gasteiger partial charge is 0.197 e. The van der Waals surface area contributed by atoms with Crippen LogP contribution in [0, 0.1) is 0 Å². The summed E-state index contributed by atoms with van der Waals surface area (Å²) in [7, 11) is 0. The van der Waals surface area contributed by atoms with Gasteiger partial charge in [-0.15, -0.1) is 22.7 Å². The van der Waals surface area contributed by atoms with Crippen molar-refractivity contribution in [2.24, 2.45) is 0 Å². The lowest BCUT2D eigenvalue weighted by Crippen LogP contribution is -2.14. The summed E-state index contributed by atoms with van der Waals surface area (Å²) in [5, 5.41) is 8.56. The topological polar surface area (TPSA) is 44.0 Å². The Morgan fingerprint density at radius 2 is 0.912 bits per heavy atom. The lowest BCUT2D eigenvalue weighted by Gasteiger charge is -2.17. The Morgan fingerprint density at radius 1 is 0.471 bits per heavy atom. The number of thiophene rings is 2. The summed E-state index contributed by atoms with van der Waals surface area (Å²) in [6.07, 6.45) is 0. The summed E-state index contributed by atoms with van der Waals surface area (Å²) in [6.45, 7) is 0. The number of hydrogen-bond donors (Lipinski definition) is 0. The molecule has 6 heteroatoms. The van der Waals surface area contributed by atoms with E-state index in [1.165, 1.54) is 0 Å². The standard InChI is InChI=1S/C28H16N2O2S2/c31-27-17-7-1-3-9-21(17)29(25-11-5-13-33-25)23-16-20-24(15-19(23)27)30(26-12-6-14-34-26)22-10-4-2-8-18(22)28(20)32/h1-16H. The Kier molecular flexibility index (Phi) is 4.15. The van der Waals surface area contributed by atoms with Gasteiger partial charge in [0.2, 0.25) is 0 Å². The Hall–Kier alpha value is -4.00. The lowest BCUT2D eigenvalue weighted by molar-refractivity contribution is 1.19. The summed E-state index contributed by atoms with van der Waals surface area (Å²) < 4.78 is 4.20. The van der Waals surface area contributed by atoms with Gasteiger partial charge < -0.3 is 9.13 Å². The number of fused-ring (bicyclic) bond motifs is 4. The third kappa shape index (κ3) is 2.64. The summed E-state index contributed by atoms with van der Waals surface area (Å²) in [5.74, 6) is 0. The molecule has 0 saturated heterocycles. The Morgan fingerprint density at radius 3 is 1.32 bits per heavy atom. The van der Waals surface area contributed by atoms with Gasteiger partial charge in [0.1, 0.15) is 0 Å². The van der Waals surface area contributed by atoms with Crippen molar-refractivity contribution in [2.45, 2.75) is 0 Å². The van der Waals surface area contributed by atoms with E-state index in [1.54, 1.807) is 22.7 Å². The Balaban J connectivity index is 1.79. The van der Waals surface area contributed by atoms with Gasteiger partial charge >= 0.3 is 0 Å². The molecule has 4 heterocycles. The highest BCUT2D eigenvalue weighted by molar-refractivity contribution is 7.12. The second-order valence-electron chi connectivity index (χ2n) is 8.15. The summed E-state index contributed by atoms with van der Waals surface area (Å²) in [4.78, 5) is 27.4. The first-order chi connectivity index (χ1) is 16.7. The normalized spacial score (nSPS) is 11.8. The molecule has 4 aromatic heterocycles. The molecule has 7 rings (SSSR count). The highest BCUT2D eigenvalue weighted by Crippen LogP contribution is 2.32. The third-order valence-corrected chi connectivity index (χ3v) is 8.02. The number of aromatic nitrogens is 2. The highest BCUT2D eigenvalue weighted by Gasteiger charge is 2.18. The van der Waals surface area contributed by atoms with Crippen molar-refractivity contribution in [1.29, 1.82) is 0 Å². The van der Waals surface area contributed by atoms with Crippen LogP contribution >= 0.6 is 22.7 Å². The molecule has 0 radical (unpaired) electrons. The predicted octanol–water partition coefficient (Wildman–Crippen LogP) is 6.72. The minimum atomic E-state index is -0.0290. The molecule has 34 heavy (non-hydrogen) atoms. The van der Waals surface area contributed by atoms with Crippen molar-refractivity contribution >= 4 is 66.3 Å². The molecule has 0 atom stereocenters. The molecule has 0 aliphatic heterocycles. The second kappa shape index (κ2) is 7.25. The molecule has 0 aliphatic rings. The summed E-state index contributed by atoms with van der Waals surface area (Å²) in [5.41, 5.74) is 3.09. The zero-order valence-corrected chi connectivity index (χ0v) is 19.4. The average molecular weight is 477 g/mol. The van der Waals surface area contributed by atoms with E-state index in [4.69, 9.17) is 0 Å². The maximum atomic E-state index is 13.7. The van der Waals surface area contributed by atoms with Gasteiger partial charge in [-0.05, 0) is 71.4 Å². The molecule has 3 aromatic carbocycles. The average Bonchev–Trinajstić information content (AvgIpc) is 3.59. The van der Waals surface area contributed by atoms with Crippen LogP contribution in [0.25, 0.3) is 53.6 Å². The fraction of sp³-hybridized carbons (Fsp3) is 0. The van der Waals surface area contributed by atoms with E-state index >= 15 is 0 Å². The number of pyridine rings is 2. The van der Waals surface area contributed by atoms with Crippen LogP contribution in [-0.2, 0) is 0 Å². The van der Waals surface area contributed by atoms with E-state index < -0.39 is 0 Å². The molecular weight excluding hydrogens is 460 g/mol. The molecule has 0 fully saturated rings. The maximum Gasteiger partial charge on any atom is 0.197 e. The molecular formula is C28H16N2O2S2. The summed E-state index contributed by atoms with van der Waals surface area (Å²) >= 11 is 3.21. The molecule has 162 valence electrons. The molecule has 0 unspecified atom stereocenters. The number of hydrogen-bond acceptors (Lipinski definition) is 4. The van der Waals surface area contributed by atoms with Crippen LogP contribution in [0.1, 0.15) is 0 Å². The molecule has 0 bridgehead atoms. The van der Waals surface area contributed by atoms with Gasteiger partial charge in [-0.2, -0.15) is 0 Å². The molecule has 0 aliphatic carbocycles. The van der Waals surface area contributed by atoms with Crippen LogP contribution in [0.4, 0.5) is 0 Å². The van der Waals surface area contributed by atoms with E-state index in [2.05, 4.69) is 9.13 Å². The minimum Gasteiger partial charge on any atom is -0.300 e. The number of para-hydroxylation sites is 2. The first-order valence-electron chi connectivity index (χ1n) is 10.8. The SMILES string of the molecule is O=c1c2ccccc2n(-c2cccs2)c2cc3c(=O)c4ccccc4n(-c4cccs4)c3cc12. The van der Waals surface area contributed by atoms with Gasteiger partial charge in [0.25, 0.3) is 0 Å². The van der Waals surface area contributed by atoms with Crippen LogP contribution in [0.2, 0.25) is 0 Å². The molecule has 0 saturated carbocycles. The number of benzene rings is 3. The zero-order valence-electron chi connectivity index (χ0n) is 17.8. The zero-order chi connectivity index (χ0) is 22.8. The van der Waals surface area contributed by atoms with Crippen LogP contribution < -0.4 is 10.9 Å². The van der Waals surface area contributed by atoms with Crippen molar-refractivity contribution < 1.29 is 0 Å². The van der Waals surface area contributed by atoms with Gasteiger partial charge in [0.05, 0.1) is 32.1 Å². The van der Waals surface area contributed by atoms with Gasteiger partial charge in [-0.25, -0.2) is 0 Å². The van der Waals surface area contributed by atoms with Crippen molar-refractivity contribution in [2.75, 3.05) is 0 Å². The monoisotopic (exact) mass is 476 g/mol.